The molecular weight excluding hydrogens is 734 g/mol. The summed E-state index contributed by atoms with van der Waals surface area (Å²) in [5, 5.41) is 17.3. The maximum absolute atomic E-state index is 13.2. The summed E-state index contributed by atoms with van der Waals surface area (Å²) < 4.78 is 14.5. The average Bonchev–Trinajstić information content (AvgIpc) is 3.56. The number of carboxylic acids is 1. The Morgan fingerprint density at radius 2 is 2.12 bits per heavy atom. The van der Waals surface area contributed by atoms with E-state index in [2.05, 4.69) is 25.8 Å². The Hall–Kier alpha value is -4.05. The summed E-state index contributed by atoms with van der Waals surface area (Å²) in [7, 11) is 0. The molecule has 1 fully saturated rings. The van der Waals surface area contributed by atoms with Crippen molar-refractivity contribution in [2.75, 3.05) is 23.8 Å². The van der Waals surface area contributed by atoms with Crippen molar-refractivity contribution in [3.8, 4) is 0 Å². The first-order valence-corrected chi connectivity index (χ1v) is 17.8. The number of pyridine rings is 1. The number of hydrogen-bond acceptors (Lipinski definition) is 17. The van der Waals surface area contributed by atoms with Crippen LogP contribution in [0.2, 0.25) is 4.34 Å². The van der Waals surface area contributed by atoms with E-state index >= 15 is 0 Å². The van der Waals surface area contributed by atoms with Crippen LogP contribution in [0.5, 0.6) is 0 Å². The zero-order valence-electron chi connectivity index (χ0n) is 24.5. The van der Waals surface area contributed by atoms with Crippen molar-refractivity contribution < 1.29 is 37.9 Å². The Labute approximate surface area is 291 Å². The Morgan fingerprint density at radius 3 is 2.79 bits per heavy atom. The molecule has 3 aromatic heterocycles. The van der Waals surface area contributed by atoms with E-state index in [-0.39, 0.29) is 51.3 Å². The number of hydrogen-bond donors (Lipinski definition) is 4. The molecule has 0 saturated carbocycles. The fourth-order valence-corrected chi connectivity index (χ4v) is 8.94. The predicted molar refractivity (Wildman–Crippen MR) is 176 cm³/mol. The first-order chi connectivity index (χ1) is 23.0. The topological polar surface area (TPSA) is 250 Å². The largest absolute Gasteiger partial charge is 0.519 e. The number of aryl methyl sites for hydroxylation is 1. The molecule has 3 aromatic rings. The zero-order valence-corrected chi connectivity index (χ0v) is 28.5. The quantitative estimate of drug-likeness (QED) is 0.105. The van der Waals surface area contributed by atoms with Crippen LogP contribution < -0.4 is 22.2 Å². The summed E-state index contributed by atoms with van der Waals surface area (Å²) in [4.78, 5) is 83.3. The molecule has 3 amide bonds. The number of thiazole rings is 1. The van der Waals surface area contributed by atoms with E-state index in [1.54, 1.807) is 18.5 Å². The van der Waals surface area contributed by atoms with E-state index in [1.165, 1.54) is 42.2 Å². The Kier molecular flexibility index (Phi) is 11.3. The van der Waals surface area contributed by atoms with E-state index in [4.69, 9.17) is 30.9 Å². The summed E-state index contributed by atoms with van der Waals surface area (Å²) in [6.45, 7) is 1.53. The number of carbonyl (C=O) groups is 4. The number of nitroso groups, excluding NO2 is 1. The van der Waals surface area contributed by atoms with Gasteiger partial charge in [-0.2, -0.15) is 11.8 Å². The number of nitrogen functional groups attached to an aromatic ring is 1. The minimum atomic E-state index is -1.64. The van der Waals surface area contributed by atoms with Gasteiger partial charge in [0.25, 0.3) is 11.8 Å². The molecule has 2 aliphatic rings. The van der Waals surface area contributed by atoms with E-state index in [0.717, 1.165) is 26.7 Å². The van der Waals surface area contributed by atoms with E-state index in [1.807, 2.05) is 0 Å². The van der Waals surface area contributed by atoms with Crippen LogP contribution in [0.3, 0.4) is 0 Å². The van der Waals surface area contributed by atoms with Gasteiger partial charge in [0.2, 0.25) is 6.04 Å². The van der Waals surface area contributed by atoms with Crippen LogP contribution in [0.4, 0.5) is 9.93 Å². The second-order valence-electron chi connectivity index (χ2n) is 9.77. The number of rotatable bonds is 14. The molecule has 3 atom stereocenters. The molecular formula is C26H24ClN7O10S4. The summed E-state index contributed by atoms with van der Waals surface area (Å²) in [6.07, 6.45) is 2.52. The fourth-order valence-electron chi connectivity index (χ4n) is 4.47. The van der Waals surface area contributed by atoms with Gasteiger partial charge >= 0.3 is 17.9 Å². The average molecular weight is 758 g/mol. The number of aliphatic carboxylic acids is 1. The second-order valence-corrected chi connectivity index (χ2v) is 14.7. The maximum atomic E-state index is 13.2. The summed E-state index contributed by atoms with van der Waals surface area (Å²) in [5.74, 6) is -2.22. The fraction of sp³-hybridized carbons (Fsp3) is 0.346. The first kappa shape index (κ1) is 35.3. The van der Waals surface area contributed by atoms with Gasteiger partial charge in [-0.1, -0.05) is 34.7 Å². The number of ether oxygens (including phenoxy) is 1. The lowest BCUT2D eigenvalue weighted by atomic mass is 10.0. The molecule has 22 heteroatoms. The number of thioether (sulfide) groups is 3. The Morgan fingerprint density at radius 1 is 1.33 bits per heavy atom. The smallest absolute Gasteiger partial charge is 0.477 e. The van der Waals surface area contributed by atoms with Gasteiger partial charge < -0.3 is 35.0 Å². The lowest BCUT2D eigenvalue weighted by Gasteiger charge is -2.49. The lowest BCUT2D eigenvalue weighted by molar-refractivity contribution is -0.150. The molecule has 0 radical (unpaired) electrons. The molecule has 0 aliphatic carbocycles. The van der Waals surface area contributed by atoms with Gasteiger partial charge in [0, 0.05) is 46.0 Å². The molecule has 5 N–H and O–H groups in total. The van der Waals surface area contributed by atoms with E-state index < -0.39 is 47.2 Å². The number of alkyl carbamates (subject to hydrolysis) is 1. The van der Waals surface area contributed by atoms with Crippen molar-refractivity contribution >= 4 is 87.2 Å². The third kappa shape index (κ3) is 7.80. The number of nitrogens with one attached hydrogen (secondary N) is 2. The number of anilines is 1. The van der Waals surface area contributed by atoms with Crippen LogP contribution in [-0.4, -0.2) is 73.3 Å². The van der Waals surface area contributed by atoms with Crippen molar-refractivity contribution in [3.05, 3.63) is 71.7 Å². The van der Waals surface area contributed by atoms with Gasteiger partial charge in [-0.3, -0.25) is 19.5 Å². The standard InChI is InChI=1S/C26H24ClN7O10S4/c1-10-12(44-26(40)43-10)7-42-25(39)30-4-5-45-8-11-6-29-3-2-13(11)47-14-9-46-22-17(21(36)34(22)18(14)23(37)38)31-20(35)16(33-41)15-19(27)48-24(28)32-15/h2-3,6,16-17,22H,4-5,7-9H2,1H3,(H2,28,32)(H,30,39)(H,31,35)(H,37,38)/t16?,17-,22+/m1/s1. The molecule has 254 valence electrons. The summed E-state index contributed by atoms with van der Waals surface area (Å²) >= 11 is 10.8. The summed E-state index contributed by atoms with van der Waals surface area (Å²) in [6, 6.07) is -1.01. The predicted octanol–water partition coefficient (Wildman–Crippen LogP) is 3.08. The molecule has 2 aliphatic heterocycles. The molecule has 0 aromatic carbocycles. The molecule has 1 unspecified atom stereocenters. The number of aromatic nitrogens is 2. The van der Waals surface area contributed by atoms with Crippen molar-refractivity contribution in [2.45, 2.75) is 41.6 Å². The molecule has 17 nitrogen and oxygen atoms in total. The van der Waals surface area contributed by atoms with Crippen LogP contribution in [-0.2, 0) is 31.5 Å². The maximum Gasteiger partial charge on any atom is 0.519 e. The third-order valence-electron chi connectivity index (χ3n) is 6.71. The highest BCUT2D eigenvalue weighted by Crippen LogP contribution is 2.46. The number of nitrogens with two attached hydrogens (primary N) is 1. The zero-order chi connectivity index (χ0) is 34.5. The van der Waals surface area contributed by atoms with Crippen LogP contribution >= 0.6 is 58.2 Å². The second kappa shape index (κ2) is 15.4. The normalized spacial score (nSPS) is 17.7. The molecule has 1 saturated heterocycles. The van der Waals surface area contributed by atoms with Gasteiger partial charge in [0.15, 0.2) is 23.3 Å². The van der Waals surface area contributed by atoms with Crippen LogP contribution in [0, 0.1) is 11.8 Å². The van der Waals surface area contributed by atoms with Crippen molar-refractivity contribution in [3.63, 3.8) is 0 Å². The van der Waals surface area contributed by atoms with Crippen LogP contribution in [0.1, 0.15) is 28.8 Å². The number of halogens is 1. The van der Waals surface area contributed by atoms with Crippen molar-refractivity contribution in [2.24, 2.45) is 5.18 Å². The molecule has 0 bridgehead atoms. The number of carboxylic acid groups (broad SMARTS) is 1. The van der Waals surface area contributed by atoms with Crippen molar-refractivity contribution in [1.29, 1.82) is 0 Å². The first-order valence-electron chi connectivity index (χ1n) is 13.6. The van der Waals surface area contributed by atoms with Crippen molar-refractivity contribution in [1.82, 2.24) is 25.5 Å². The number of nitrogens with zero attached hydrogens (tertiary/aromatic N) is 4. The van der Waals surface area contributed by atoms with Crippen LogP contribution in [0.15, 0.2) is 52.8 Å². The van der Waals surface area contributed by atoms with Gasteiger partial charge in [-0.25, -0.2) is 19.4 Å². The van der Waals surface area contributed by atoms with Crippen LogP contribution in [0.25, 0.3) is 0 Å². The number of β-lactam (4-membered cyclic amide) rings is 1. The van der Waals surface area contributed by atoms with E-state index in [0.29, 0.717) is 16.4 Å². The highest BCUT2D eigenvalue weighted by molar-refractivity contribution is 8.06. The van der Waals surface area contributed by atoms with Gasteiger partial charge in [-0.15, -0.1) is 16.7 Å². The molecule has 48 heavy (non-hydrogen) atoms. The Bertz CT molecular complexity index is 1850. The monoisotopic (exact) mass is 757 g/mol. The molecule has 5 heterocycles. The number of carbonyl (C=O) groups excluding carboxylic acids is 3. The molecule has 5 rings (SSSR count). The highest BCUT2D eigenvalue weighted by atomic mass is 35.5. The SMILES string of the molecule is Cc1oc(=O)oc1COC(=O)NCCSCc1cnccc1SC1=C(C(=O)O)N2C(=O)[C@@H](NC(=O)C(N=O)c3nc(N)sc3Cl)[C@@H]2SC1. The highest BCUT2D eigenvalue weighted by Gasteiger charge is 2.55. The third-order valence-corrected chi connectivity index (χ3v) is 11.5. The van der Waals surface area contributed by atoms with Gasteiger partial charge in [0.05, 0.1) is 0 Å². The van der Waals surface area contributed by atoms with Gasteiger partial charge in [0.1, 0.15) is 27.1 Å². The van der Waals surface area contributed by atoms with Gasteiger partial charge in [-0.05, 0) is 23.7 Å². The number of amides is 3. The summed E-state index contributed by atoms with van der Waals surface area (Å²) in [5.41, 5.74) is 6.07. The minimum absolute atomic E-state index is 0.0135. The van der Waals surface area contributed by atoms with E-state index in [9.17, 15) is 34.0 Å². The minimum Gasteiger partial charge on any atom is -0.477 e. The number of fused-ring (bicyclic) bond motifs is 1. The molecule has 0 spiro atoms. The Balaban J connectivity index is 1.16. The lowest BCUT2D eigenvalue weighted by Crippen LogP contribution is -2.70.